The van der Waals surface area contributed by atoms with E-state index in [1.165, 1.54) is 18.4 Å². The van der Waals surface area contributed by atoms with Crippen molar-refractivity contribution in [1.82, 2.24) is 10.2 Å². The van der Waals surface area contributed by atoms with Crippen LogP contribution < -0.4 is 5.32 Å². The number of ether oxygens (including phenoxy) is 1. The molecule has 0 unspecified atom stereocenters. The third-order valence-corrected chi connectivity index (χ3v) is 8.58. The van der Waals surface area contributed by atoms with Gasteiger partial charge in [0.15, 0.2) is 18.5 Å². The Hall–Kier alpha value is -2.54. The molecule has 2 aliphatic carbocycles. The lowest BCUT2D eigenvalue weighted by molar-refractivity contribution is -0.939. The molecule has 1 atom stereocenters. The Bertz CT molecular complexity index is 968. The number of hydrogen-bond donors (Lipinski definition) is 1. The maximum Gasteiger partial charge on any atom is 0.316 e. The summed E-state index contributed by atoms with van der Waals surface area (Å²) in [6.45, 7) is 4.92. The van der Waals surface area contributed by atoms with E-state index in [0.717, 1.165) is 70.3 Å². The number of allylic oxidation sites excluding steroid dienone is 3. The Morgan fingerprint density at radius 1 is 1.12 bits per heavy atom. The molecule has 7 nitrogen and oxygen atoms in total. The third-order valence-electron chi connectivity index (χ3n) is 8.58. The van der Waals surface area contributed by atoms with Gasteiger partial charge in [-0.3, -0.25) is 9.59 Å². The smallest absolute Gasteiger partial charge is 0.316 e. The van der Waals surface area contributed by atoms with E-state index >= 15 is 0 Å². The molecule has 34 heavy (non-hydrogen) atoms. The van der Waals surface area contributed by atoms with Crippen LogP contribution in [0.15, 0.2) is 35.9 Å². The number of hydrogen-bond acceptors (Lipinski definition) is 5. The second kappa shape index (κ2) is 9.61. The molecule has 3 aliphatic heterocycles. The summed E-state index contributed by atoms with van der Waals surface area (Å²) in [6, 6.07) is 3.63. The minimum atomic E-state index is -0.460. The zero-order valence-electron chi connectivity index (χ0n) is 20.3. The summed E-state index contributed by atoms with van der Waals surface area (Å²) in [5.74, 6) is 0.831. The number of fused-ring (bicyclic) bond motifs is 3. The number of esters is 1. The summed E-state index contributed by atoms with van der Waals surface area (Å²) >= 11 is 0. The number of amides is 1. The molecule has 0 aromatic carbocycles. The van der Waals surface area contributed by atoms with Gasteiger partial charge in [-0.1, -0.05) is 43.9 Å². The van der Waals surface area contributed by atoms with Crippen molar-refractivity contribution in [2.24, 2.45) is 11.3 Å². The Balaban J connectivity index is 1.26. The Morgan fingerprint density at radius 3 is 2.53 bits per heavy atom. The number of nitrogens with one attached hydrogen (secondary N) is 1. The van der Waals surface area contributed by atoms with Crippen LogP contribution in [0.25, 0.3) is 0 Å². The van der Waals surface area contributed by atoms with Gasteiger partial charge in [-0.05, 0) is 43.9 Å². The fourth-order valence-corrected chi connectivity index (χ4v) is 6.57. The molecule has 1 saturated carbocycles. The largest absolute Gasteiger partial charge is 0.455 e. The number of aromatic nitrogens is 2. The molecule has 0 radical (unpaired) electrons. The highest BCUT2D eigenvalue weighted by Gasteiger charge is 2.51. The zero-order valence-corrected chi connectivity index (χ0v) is 20.3. The van der Waals surface area contributed by atoms with Crippen molar-refractivity contribution in [2.45, 2.75) is 70.8 Å². The highest BCUT2D eigenvalue weighted by molar-refractivity contribution is 5.90. The minimum absolute atomic E-state index is 0.0133. The molecular weight excluding hydrogens is 428 g/mol. The van der Waals surface area contributed by atoms with E-state index in [1.807, 2.05) is 13.0 Å². The molecule has 4 fully saturated rings. The van der Waals surface area contributed by atoms with Crippen LogP contribution in [-0.2, 0) is 14.3 Å². The van der Waals surface area contributed by atoms with Crippen molar-refractivity contribution in [2.75, 3.05) is 31.5 Å². The van der Waals surface area contributed by atoms with Crippen LogP contribution in [-0.4, -0.2) is 58.8 Å². The van der Waals surface area contributed by atoms with Crippen molar-refractivity contribution in [3.05, 3.63) is 41.6 Å². The van der Waals surface area contributed by atoms with Gasteiger partial charge in [0.25, 0.3) is 5.91 Å². The van der Waals surface area contributed by atoms with E-state index in [1.54, 1.807) is 6.07 Å². The topological polar surface area (TPSA) is 81.2 Å². The van der Waals surface area contributed by atoms with Crippen LogP contribution in [0, 0.1) is 18.3 Å². The molecule has 5 aliphatic rings. The number of anilines is 1. The Labute approximate surface area is 202 Å². The molecule has 182 valence electrons. The van der Waals surface area contributed by atoms with Crippen molar-refractivity contribution in [3.63, 3.8) is 0 Å². The molecule has 6 rings (SSSR count). The average Bonchev–Trinajstić information content (AvgIpc) is 3.26. The zero-order chi connectivity index (χ0) is 23.6. The van der Waals surface area contributed by atoms with Gasteiger partial charge in [0.1, 0.15) is 6.54 Å². The lowest BCUT2D eigenvalue weighted by atomic mass is 9.73. The van der Waals surface area contributed by atoms with Crippen LogP contribution >= 0.6 is 0 Å². The SMILES string of the molecule is Cc1ccc(NC(=O)C[N+]23CCC(CC2)[C@@H](OC(=O)C2(C4=CC=CC4)CCCCCC2)C3)nn1. The number of quaternary nitrogens is 1. The van der Waals surface area contributed by atoms with E-state index in [4.69, 9.17) is 4.74 Å². The number of piperidine rings is 3. The summed E-state index contributed by atoms with van der Waals surface area (Å²) in [5, 5.41) is 11.0. The van der Waals surface area contributed by atoms with Gasteiger partial charge in [-0.25, -0.2) is 0 Å². The van der Waals surface area contributed by atoms with Gasteiger partial charge in [0.2, 0.25) is 0 Å². The molecule has 2 bridgehead atoms. The summed E-state index contributed by atoms with van der Waals surface area (Å²) in [5.41, 5.74) is 1.60. The number of carbonyl (C=O) groups excluding carboxylic acids is 2. The quantitative estimate of drug-likeness (QED) is 0.389. The summed E-state index contributed by atoms with van der Waals surface area (Å²) < 4.78 is 7.09. The minimum Gasteiger partial charge on any atom is -0.455 e. The molecule has 0 spiro atoms. The molecule has 1 amide bonds. The van der Waals surface area contributed by atoms with Gasteiger partial charge in [0.05, 0.1) is 24.2 Å². The van der Waals surface area contributed by atoms with Gasteiger partial charge in [-0.2, -0.15) is 5.10 Å². The van der Waals surface area contributed by atoms with Crippen molar-refractivity contribution in [1.29, 1.82) is 0 Å². The fourth-order valence-electron chi connectivity index (χ4n) is 6.57. The van der Waals surface area contributed by atoms with Crippen molar-refractivity contribution in [3.8, 4) is 0 Å². The molecule has 1 aromatic heterocycles. The van der Waals surface area contributed by atoms with Gasteiger partial charge in [0, 0.05) is 18.8 Å². The number of rotatable bonds is 6. The van der Waals surface area contributed by atoms with Crippen LogP contribution in [0.5, 0.6) is 0 Å². The second-order valence-electron chi connectivity index (χ2n) is 10.8. The van der Waals surface area contributed by atoms with E-state index in [9.17, 15) is 9.59 Å². The molecule has 1 N–H and O–H groups in total. The first kappa shape index (κ1) is 23.2. The van der Waals surface area contributed by atoms with Crippen LogP contribution in [0.3, 0.4) is 0 Å². The Kier molecular flexibility index (Phi) is 6.56. The standard InChI is InChI=1S/C27H36N4O3/c1-20-10-11-24(30-29-20)28-25(32)19-31-16-12-21(13-17-31)23(18-31)34-26(33)27(22-8-4-5-9-22)14-6-2-3-7-15-27/h4-5,8,10-11,21,23H,2-3,6-7,9,12-19H2,1H3/p+1/t21?,23-,31?/m0/s1. The van der Waals surface area contributed by atoms with Gasteiger partial charge in [-0.15, -0.1) is 5.10 Å². The number of aryl methyl sites for hydroxylation is 1. The highest BCUT2D eigenvalue weighted by atomic mass is 16.5. The lowest BCUT2D eigenvalue weighted by Gasteiger charge is -2.52. The van der Waals surface area contributed by atoms with E-state index in [2.05, 4.69) is 33.7 Å². The average molecular weight is 466 g/mol. The summed E-state index contributed by atoms with van der Waals surface area (Å²) in [6.07, 6.45) is 15.5. The van der Waals surface area contributed by atoms with Crippen LogP contribution in [0.1, 0.15) is 63.5 Å². The monoisotopic (exact) mass is 465 g/mol. The van der Waals surface area contributed by atoms with Crippen molar-refractivity contribution < 1.29 is 18.8 Å². The van der Waals surface area contributed by atoms with Gasteiger partial charge < -0.3 is 14.5 Å². The maximum absolute atomic E-state index is 13.8. The highest BCUT2D eigenvalue weighted by Crippen LogP contribution is 2.46. The predicted molar refractivity (Wildman–Crippen MR) is 130 cm³/mol. The number of carbonyl (C=O) groups is 2. The maximum atomic E-state index is 13.8. The van der Waals surface area contributed by atoms with E-state index in [-0.39, 0.29) is 18.0 Å². The molecule has 3 saturated heterocycles. The first-order chi connectivity index (χ1) is 16.5. The molecular formula is C27H37N4O3+. The normalized spacial score (nSPS) is 29.9. The predicted octanol–water partition coefficient (Wildman–Crippen LogP) is 4.10. The number of nitrogens with zero attached hydrogens (tertiary/aromatic N) is 3. The summed E-state index contributed by atoms with van der Waals surface area (Å²) in [7, 11) is 0. The molecule has 4 heterocycles. The first-order valence-electron chi connectivity index (χ1n) is 13.0. The fraction of sp³-hybridized carbons (Fsp3) is 0.630. The lowest BCUT2D eigenvalue weighted by Crippen LogP contribution is -2.66. The third kappa shape index (κ3) is 4.67. The molecule has 7 heteroatoms. The Morgan fingerprint density at radius 2 is 1.88 bits per heavy atom. The van der Waals surface area contributed by atoms with Gasteiger partial charge >= 0.3 is 5.97 Å². The van der Waals surface area contributed by atoms with Crippen molar-refractivity contribution >= 4 is 17.7 Å². The van der Waals surface area contributed by atoms with E-state index < -0.39 is 5.41 Å². The molecule has 1 aromatic rings. The first-order valence-corrected chi connectivity index (χ1v) is 13.0. The van der Waals surface area contributed by atoms with Crippen LogP contribution in [0.2, 0.25) is 0 Å². The second-order valence-corrected chi connectivity index (χ2v) is 10.8. The van der Waals surface area contributed by atoms with E-state index in [0.29, 0.717) is 22.8 Å². The van der Waals surface area contributed by atoms with Crippen LogP contribution in [0.4, 0.5) is 5.82 Å². The summed E-state index contributed by atoms with van der Waals surface area (Å²) in [4.78, 5) is 26.7.